The molecule has 2 nitrogen and oxygen atoms in total. The molecule has 0 bridgehead atoms. The average molecular weight is 430 g/mol. The van der Waals surface area contributed by atoms with Crippen molar-refractivity contribution in [2.24, 2.45) is 0 Å². The maximum Gasteiger partial charge on any atom is 0.177 e. The second kappa shape index (κ2) is 8.78. The minimum Gasteiger partial charge on any atom is -0.488 e. The third kappa shape index (κ3) is 3.96. The summed E-state index contributed by atoms with van der Waals surface area (Å²) >= 11 is 7.40. The van der Waals surface area contributed by atoms with Gasteiger partial charge < -0.3 is 9.47 Å². The molecule has 22 heavy (non-hydrogen) atoms. The van der Waals surface area contributed by atoms with Crippen molar-refractivity contribution in [1.29, 1.82) is 0 Å². The molecule has 0 unspecified atom stereocenters. The Labute approximate surface area is 149 Å². The summed E-state index contributed by atoms with van der Waals surface area (Å²) in [6, 6.07) is 8.25. The van der Waals surface area contributed by atoms with Crippen molar-refractivity contribution in [1.82, 2.24) is 0 Å². The van der Waals surface area contributed by atoms with E-state index in [9.17, 15) is 0 Å². The lowest BCUT2D eigenvalue weighted by Gasteiger charge is -2.18. The Morgan fingerprint density at radius 1 is 0.773 bits per heavy atom. The van der Waals surface area contributed by atoms with Crippen LogP contribution in [-0.2, 0) is 0 Å². The summed E-state index contributed by atoms with van der Waals surface area (Å²) in [4.78, 5) is 0. The number of hydrogen-bond donors (Lipinski definition) is 0. The number of fused-ring (bicyclic) bond motifs is 1. The first-order chi connectivity index (χ1) is 10.7. The van der Waals surface area contributed by atoms with Crippen LogP contribution < -0.4 is 9.47 Å². The van der Waals surface area contributed by atoms with Crippen LogP contribution in [-0.4, -0.2) is 13.2 Å². The van der Waals surface area contributed by atoms with Crippen LogP contribution in [0.5, 0.6) is 11.5 Å². The summed E-state index contributed by atoms with van der Waals surface area (Å²) < 4.78 is 14.0. The molecule has 0 saturated heterocycles. The van der Waals surface area contributed by atoms with E-state index < -0.39 is 0 Å². The van der Waals surface area contributed by atoms with E-state index in [0.29, 0.717) is 13.2 Å². The van der Waals surface area contributed by atoms with Crippen molar-refractivity contribution in [3.63, 3.8) is 0 Å². The molecule has 0 aromatic heterocycles. The molecular formula is C18H22Br2O2. The maximum absolute atomic E-state index is 6.03. The van der Waals surface area contributed by atoms with Gasteiger partial charge in [-0.15, -0.1) is 0 Å². The van der Waals surface area contributed by atoms with E-state index >= 15 is 0 Å². The predicted octanol–water partition coefficient (Wildman–Crippen LogP) is 6.72. The van der Waals surface area contributed by atoms with Crippen molar-refractivity contribution < 1.29 is 9.47 Å². The van der Waals surface area contributed by atoms with E-state index in [0.717, 1.165) is 56.9 Å². The van der Waals surface area contributed by atoms with Crippen molar-refractivity contribution in [3.8, 4) is 11.5 Å². The van der Waals surface area contributed by atoms with Gasteiger partial charge in [0, 0.05) is 10.8 Å². The lowest BCUT2D eigenvalue weighted by molar-refractivity contribution is 0.260. The summed E-state index contributed by atoms with van der Waals surface area (Å²) in [5.74, 6) is 1.60. The highest BCUT2D eigenvalue weighted by Crippen LogP contribution is 2.47. The quantitative estimate of drug-likeness (QED) is 0.433. The van der Waals surface area contributed by atoms with Gasteiger partial charge in [-0.05, 0) is 44.7 Å². The fourth-order valence-corrected chi connectivity index (χ4v) is 3.49. The number of hydrogen-bond acceptors (Lipinski definition) is 2. The maximum atomic E-state index is 6.03. The smallest absolute Gasteiger partial charge is 0.177 e. The monoisotopic (exact) mass is 428 g/mol. The van der Waals surface area contributed by atoms with E-state index in [4.69, 9.17) is 9.47 Å². The summed E-state index contributed by atoms with van der Waals surface area (Å²) in [5, 5.41) is 2.26. The lowest BCUT2D eigenvalue weighted by Crippen LogP contribution is -2.04. The zero-order chi connectivity index (χ0) is 15.9. The summed E-state index contributed by atoms with van der Waals surface area (Å²) in [6.45, 7) is 5.72. The first kappa shape index (κ1) is 17.6. The average Bonchev–Trinajstić information content (AvgIpc) is 2.54. The molecule has 2 aromatic carbocycles. The molecular weight excluding hydrogens is 408 g/mol. The fraction of sp³-hybridized carbons (Fsp3) is 0.444. The van der Waals surface area contributed by atoms with E-state index in [1.165, 1.54) is 0 Å². The molecule has 0 aliphatic heterocycles. The first-order valence-electron chi connectivity index (χ1n) is 7.86. The number of rotatable bonds is 8. The zero-order valence-electron chi connectivity index (χ0n) is 13.1. The highest BCUT2D eigenvalue weighted by atomic mass is 79.9. The van der Waals surface area contributed by atoms with Gasteiger partial charge in [0.1, 0.15) is 0 Å². The van der Waals surface area contributed by atoms with Crippen LogP contribution in [0.4, 0.5) is 0 Å². The van der Waals surface area contributed by atoms with Crippen LogP contribution in [0.1, 0.15) is 39.5 Å². The molecule has 0 aliphatic carbocycles. The Kier molecular flexibility index (Phi) is 7.03. The number of benzene rings is 2. The Morgan fingerprint density at radius 3 is 1.55 bits per heavy atom. The van der Waals surface area contributed by atoms with Gasteiger partial charge >= 0.3 is 0 Å². The molecule has 0 saturated carbocycles. The molecule has 2 aromatic rings. The second-order valence-electron chi connectivity index (χ2n) is 5.24. The molecule has 0 amide bonds. The van der Waals surface area contributed by atoms with Crippen LogP contribution in [0.15, 0.2) is 33.2 Å². The van der Waals surface area contributed by atoms with Gasteiger partial charge in [0.05, 0.1) is 22.2 Å². The van der Waals surface area contributed by atoms with Crippen LogP contribution in [0.25, 0.3) is 10.8 Å². The molecule has 0 atom stereocenters. The van der Waals surface area contributed by atoms with Crippen molar-refractivity contribution in [2.75, 3.05) is 13.2 Å². The standard InChI is InChI=1S/C18H22Br2O2/c1-3-5-11-21-17-15(19)13-9-7-8-10-14(13)16(20)18(17)22-12-6-4-2/h7-10H,3-6,11-12H2,1-2H3. The molecule has 0 spiro atoms. The Balaban J connectivity index is 2.45. The normalized spacial score (nSPS) is 10.9. The minimum atomic E-state index is 0.698. The van der Waals surface area contributed by atoms with Crippen molar-refractivity contribution in [3.05, 3.63) is 33.2 Å². The van der Waals surface area contributed by atoms with Crippen LogP contribution in [0, 0.1) is 0 Å². The van der Waals surface area contributed by atoms with E-state index in [2.05, 4.69) is 57.8 Å². The topological polar surface area (TPSA) is 18.5 Å². The lowest BCUT2D eigenvalue weighted by atomic mass is 10.1. The minimum absolute atomic E-state index is 0.698. The molecule has 0 fully saturated rings. The Hall–Kier alpha value is -0.740. The second-order valence-corrected chi connectivity index (χ2v) is 6.82. The third-order valence-corrected chi connectivity index (χ3v) is 5.07. The molecule has 120 valence electrons. The summed E-state index contributed by atoms with van der Waals surface area (Å²) in [7, 11) is 0. The Morgan fingerprint density at radius 2 is 1.18 bits per heavy atom. The third-order valence-electron chi connectivity index (χ3n) is 3.49. The first-order valence-corrected chi connectivity index (χ1v) is 9.44. The van der Waals surface area contributed by atoms with Gasteiger partial charge in [0.15, 0.2) is 11.5 Å². The number of halogens is 2. The van der Waals surface area contributed by atoms with Crippen LogP contribution in [0.3, 0.4) is 0 Å². The highest BCUT2D eigenvalue weighted by Gasteiger charge is 2.19. The number of ether oxygens (including phenoxy) is 2. The zero-order valence-corrected chi connectivity index (χ0v) is 16.3. The SMILES string of the molecule is CCCCOc1c(OCCCC)c(Br)c2ccccc2c1Br. The largest absolute Gasteiger partial charge is 0.488 e. The van der Waals surface area contributed by atoms with Crippen LogP contribution >= 0.6 is 31.9 Å². The fourth-order valence-electron chi connectivity index (χ4n) is 2.20. The molecule has 0 N–H and O–H groups in total. The summed E-state index contributed by atoms with van der Waals surface area (Å²) in [6.07, 6.45) is 4.29. The molecule has 4 heteroatoms. The molecule has 0 radical (unpaired) electrons. The van der Waals surface area contributed by atoms with Crippen molar-refractivity contribution in [2.45, 2.75) is 39.5 Å². The number of unbranched alkanes of at least 4 members (excludes halogenated alkanes) is 2. The predicted molar refractivity (Wildman–Crippen MR) is 100 cm³/mol. The van der Waals surface area contributed by atoms with E-state index in [-0.39, 0.29) is 0 Å². The van der Waals surface area contributed by atoms with Gasteiger partial charge in [-0.2, -0.15) is 0 Å². The summed E-state index contributed by atoms with van der Waals surface area (Å²) in [5.41, 5.74) is 0. The van der Waals surface area contributed by atoms with Crippen molar-refractivity contribution >= 4 is 42.6 Å². The van der Waals surface area contributed by atoms with Gasteiger partial charge in [0.2, 0.25) is 0 Å². The molecule has 0 aliphatic rings. The highest BCUT2D eigenvalue weighted by molar-refractivity contribution is 9.11. The van der Waals surface area contributed by atoms with E-state index in [1.54, 1.807) is 0 Å². The van der Waals surface area contributed by atoms with Gasteiger partial charge in [-0.1, -0.05) is 51.0 Å². The van der Waals surface area contributed by atoms with Gasteiger partial charge in [-0.25, -0.2) is 0 Å². The van der Waals surface area contributed by atoms with E-state index in [1.807, 2.05) is 12.1 Å². The molecule has 0 heterocycles. The Bertz CT molecular complexity index is 572. The van der Waals surface area contributed by atoms with Crippen LogP contribution in [0.2, 0.25) is 0 Å². The van der Waals surface area contributed by atoms with Gasteiger partial charge in [0.25, 0.3) is 0 Å². The molecule has 2 rings (SSSR count). The van der Waals surface area contributed by atoms with Gasteiger partial charge in [-0.3, -0.25) is 0 Å².